The molecule has 0 aliphatic rings. The van der Waals surface area contributed by atoms with E-state index >= 15 is 0 Å². The van der Waals surface area contributed by atoms with Gasteiger partial charge in [0.1, 0.15) is 0 Å². The maximum absolute atomic E-state index is 11.6. The molecule has 0 atom stereocenters. The van der Waals surface area contributed by atoms with E-state index < -0.39 is 12.6 Å². The second kappa shape index (κ2) is 4.69. The van der Waals surface area contributed by atoms with E-state index in [4.69, 9.17) is 0 Å². The number of hydrogen-bond donors (Lipinski definition) is 0. The Kier molecular flexibility index (Phi) is 4.59. The van der Waals surface area contributed by atoms with Crippen LogP contribution in [-0.2, 0) is 4.79 Å². The molecule has 0 aromatic carbocycles. The fourth-order valence-corrected chi connectivity index (χ4v) is 0.949. The van der Waals surface area contributed by atoms with Crippen LogP contribution in [0.5, 0.6) is 0 Å². The monoisotopic (exact) mass is 247 g/mol. The van der Waals surface area contributed by atoms with Crippen molar-refractivity contribution in [2.75, 3.05) is 18.9 Å². The maximum Gasteiger partial charge on any atom is 0.390 e. The van der Waals surface area contributed by atoms with Crippen LogP contribution in [-0.4, -0.2) is 35.9 Å². The van der Waals surface area contributed by atoms with Gasteiger partial charge in [0.05, 0.1) is 11.8 Å². The quantitative estimate of drug-likeness (QED) is 0.697. The molecule has 1 amide bonds. The van der Waals surface area contributed by atoms with Gasteiger partial charge in [0.25, 0.3) is 0 Å². The van der Waals surface area contributed by atoms with Gasteiger partial charge in [-0.2, -0.15) is 13.2 Å². The van der Waals surface area contributed by atoms with E-state index in [2.05, 4.69) is 15.9 Å². The van der Waals surface area contributed by atoms with Crippen LogP contribution in [0.4, 0.5) is 13.2 Å². The van der Waals surface area contributed by atoms with Crippen LogP contribution < -0.4 is 0 Å². The van der Waals surface area contributed by atoms with Crippen molar-refractivity contribution in [2.45, 2.75) is 12.6 Å². The molecule has 2 nitrogen and oxygen atoms in total. The first-order valence-electron chi connectivity index (χ1n) is 3.23. The summed E-state index contributed by atoms with van der Waals surface area (Å²) in [6.07, 6.45) is -5.15. The van der Waals surface area contributed by atoms with Crippen LogP contribution in [0, 0.1) is 0 Å². The van der Waals surface area contributed by atoms with Crippen molar-refractivity contribution in [1.82, 2.24) is 4.90 Å². The molecule has 6 heteroatoms. The van der Waals surface area contributed by atoms with Gasteiger partial charge in [0.15, 0.2) is 0 Å². The summed E-state index contributed by atoms with van der Waals surface area (Å²) in [5.74, 6) is -0.348. The van der Waals surface area contributed by atoms with Crippen molar-refractivity contribution in [3.63, 3.8) is 0 Å². The van der Waals surface area contributed by atoms with Gasteiger partial charge in [-0.1, -0.05) is 15.9 Å². The van der Waals surface area contributed by atoms with Gasteiger partial charge >= 0.3 is 6.18 Å². The van der Waals surface area contributed by atoms with Crippen molar-refractivity contribution in [3.8, 4) is 0 Å². The first-order chi connectivity index (χ1) is 5.37. The molecule has 0 N–H and O–H groups in total. The van der Waals surface area contributed by atoms with Crippen molar-refractivity contribution in [2.24, 2.45) is 0 Å². The van der Waals surface area contributed by atoms with Crippen LogP contribution in [0.25, 0.3) is 0 Å². The van der Waals surface area contributed by atoms with Crippen molar-refractivity contribution in [3.05, 3.63) is 0 Å². The summed E-state index contributed by atoms with van der Waals surface area (Å²) in [5.41, 5.74) is 0. The molecule has 0 heterocycles. The molecule has 0 radical (unpaired) electrons. The molecular formula is C6H9BrF3NO. The largest absolute Gasteiger partial charge is 0.390 e. The van der Waals surface area contributed by atoms with Gasteiger partial charge in [-0.3, -0.25) is 4.79 Å². The highest BCUT2D eigenvalue weighted by atomic mass is 79.9. The standard InChI is InChI=1S/C6H9BrF3NO/c1-11(5(12)4-7)3-2-6(8,9)10/h2-4H2,1H3. The summed E-state index contributed by atoms with van der Waals surface area (Å²) >= 11 is 2.86. The molecule has 0 aliphatic carbocycles. The van der Waals surface area contributed by atoms with Gasteiger partial charge in [-0.25, -0.2) is 0 Å². The van der Waals surface area contributed by atoms with Gasteiger partial charge < -0.3 is 4.90 Å². The van der Waals surface area contributed by atoms with E-state index in [-0.39, 0.29) is 17.8 Å². The van der Waals surface area contributed by atoms with Crippen LogP contribution in [0.15, 0.2) is 0 Å². The lowest BCUT2D eigenvalue weighted by Gasteiger charge is -2.16. The number of hydrogen-bond acceptors (Lipinski definition) is 1. The molecule has 12 heavy (non-hydrogen) atoms. The third-order valence-corrected chi connectivity index (χ3v) is 1.75. The van der Waals surface area contributed by atoms with E-state index in [1.54, 1.807) is 0 Å². The predicted molar refractivity (Wildman–Crippen MR) is 42.1 cm³/mol. The Hall–Kier alpha value is -0.260. The van der Waals surface area contributed by atoms with E-state index in [9.17, 15) is 18.0 Å². The fourth-order valence-electron chi connectivity index (χ4n) is 0.521. The molecule has 0 saturated heterocycles. The molecule has 0 saturated carbocycles. The SMILES string of the molecule is CN(CCC(F)(F)F)C(=O)CBr. The van der Waals surface area contributed by atoms with Crippen molar-refractivity contribution in [1.29, 1.82) is 0 Å². The smallest absolute Gasteiger partial charge is 0.345 e. The average molecular weight is 248 g/mol. The Balaban J connectivity index is 3.72. The van der Waals surface area contributed by atoms with Gasteiger partial charge in [-0.05, 0) is 0 Å². The summed E-state index contributed by atoms with van der Waals surface area (Å²) in [6.45, 7) is -0.284. The number of amides is 1. The van der Waals surface area contributed by atoms with E-state index in [0.717, 1.165) is 4.90 Å². The maximum atomic E-state index is 11.6. The van der Waals surface area contributed by atoms with Crippen LogP contribution in [0.1, 0.15) is 6.42 Å². The summed E-state index contributed by atoms with van der Waals surface area (Å²) in [4.78, 5) is 11.8. The van der Waals surface area contributed by atoms with Gasteiger partial charge in [0.2, 0.25) is 5.91 Å². The third kappa shape index (κ3) is 5.40. The third-order valence-electron chi connectivity index (χ3n) is 1.27. The highest BCUT2D eigenvalue weighted by molar-refractivity contribution is 9.09. The number of halogens is 4. The van der Waals surface area contributed by atoms with Gasteiger partial charge in [0, 0.05) is 13.6 Å². The molecule has 0 spiro atoms. The minimum atomic E-state index is -4.19. The number of carbonyl (C=O) groups is 1. The number of rotatable bonds is 3. The highest BCUT2D eigenvalue weighted by Gasteiger charge is 2.27. The average Bonchev–Trinajstić information content (AvgIpc) is 1.97. The first-order valence-corrected chi connectivity index (χ1v) is 4.35. The zero-order valence-electron chi connectivity index (χ0n) is 6.49. The normalized spacial score (nSPS) is 11.4. The zero-order valence-corrected chi connectivity index (χ0v) is 8.07. The molecule has 0 aliphatic heterocycles. The highest BCUT2D eigenvalue weighted by Crippen LogP contribution is 2.19. The summed E-state index contributed by atoms with van der Waals surface area (Å²) in [5, 5.41) is 0.0569. The first kappa shape index (κ1) is 11.7. The Labute approximate surface area is 76.8 Å². The Morgan fingerprint density at radius 1 is 1.50 bits per heavy atom. The Morgan fingerprint density at radius 2 is 2.00 bits per heavy atom. The molecule has 0 aromatic heterocycles. The van der Waals surface area contributed by atoms with E-state index in [1.807, 2.05) is 0 Å². The van der Waals surface area contributed by atoms with Gasteiger partial charge in [-0.15, -0.1) is 0 Å². The van der Waals surface area contributed by atoms with E-state index in [0.29, 0.717) is 0 Å². The molecule has 0 fully saturated rings. The lowest BCUT2D eigenvalue weighted by Crippen LogP contribution is -2.31. The number of nitrogens with zero attached hydrogens (tertiary/aromatic N) is 1. The topological polar surface area (TPSA) is 20.3 Å². The second-order valence-corrected chi connectivity index (χ2v) is 2.87. The molecule has 0 rings (SSSR count). The molecule has 0 unspecified atom stereocenters. The summed E-state index contributed by atoms with van der Waals surface area (Å²) in [6, 6.07) is 0. The predicted octanol–water partition coefficient (Wildman–Crippen LogP) is 1.79. The van der Waals surface area contributed by atoms with E-state index in [1.165, 1.54) is 7.05 Å². The molecule has 0 aromatic rings. The minimum Gasteiger partial charge on any atom is -0.345 e. The molecular weight excluding hydrogens is 239 g/mol. The second-order valence-electron chi connectivity index (χ2n) is 2.31. The minimum absolute atomic E-state index is 0.0569. The summed E-state index contributed by atoms with van der Waals surface area (Å²) in [7, 11) is 1.34. The van der Waals surface area contributed by atoms with Crippen LogP contribution >= 0.6 is 15.9 Å². The Bertz CT molecular complexity index is 159. The molecule has 72 valence electrons. The van der Waals surface area contributed by atoms with Crippen LogP contribution in [0.3, 0.4) is 0 Å². The molecule has 0 bridgehead atoms. The summed E-state index contributed by atoms with van der Waals surface area (Å²) < 4.78 is 34.9. The van der Waals surface area contributed by atoms with Crippen LogP contribution in [0.2, 0.25) is 0 Å². The number of alkyl halides is 4. The Morgan fingerprint density at radius 3 is 2.33 bits per heavy atom. The lowest BCUT2D eigenvalue weighted by atomic mass is 10.4. The van der Waals surface area contributed by atoms with Crippen molar-refractivity contribution < 1.29 is 18.0 Å². The zero-order chi connectivity index (χ0) is 9.78. The fraction of sp³-hybridized carbons (Fsp3) is 0.833. The number of carbonyl (C=O) groups excluding carboxylic acids is 1. The van der Waals surface area contributed by atoms with Crippen molar-refractivity contribution >= 4 is 21.8 Å². The lowest BCUT2D eigenvalue weighted by molar-refractivity contribution is -0.142.